The summed E-state index contributed by atoms with van der Waals surface area (Å²) < 4.78 is 49.2. The molecule has 0 atom stereocenters. The third-order valence-electron chi connectivity index (χ3n) is 5.54. The fourth-order valence-corrected chi connectivity index (χ4v) is 3.87. The Morgan fingerprint density at radius 2 is 1.80 bits per heavy atom. The predicted octanol–water partition coefficient (Wildman–Crippen LogP) is 3.48. The number of hydrogen-bond donors (Lipinski definition) is 0. The van der Waals surface area contributed by atoms with E-state index in [4.69, 9.17) is 19.4 Å². The summed E-state index contributed by atoms with van der Waals surface area (Å²) in [5.41, 5.74) is 3.58. The van der Waals surface area contributed by atoms with E-state index in [1.807, 2.05) is 35.0 Å². The van der Waals surface area contributed by atoms with Crippen LogP contribution in [0.2, 0.25) is 0 Å². The number of nitrogens with zero attached hydrogens (tertiary/aromatic N) is 6. The molecule has 1 aliphatic rings. The van der Waals surface area contributed by atoms with Gasteiger partial charge in [-0.25, -0.2) is 19.9 Å². The van der Waals surface area contributed by atoms with E-state index in [2.05, 4.69) is 14.9 Å². The molecule has 0 spiro atoms. The number of rotatable bonds is 7. The Kier molecular flexibility index (Phi) is 6.49. The summed E-state index contributed by atoms with van der Waals surface area (Å²) in [5, 5.41) is 0. The van der Waals surface area contributed by atoms with Gasteiger partial charge in [0.2, 0.25) is 5.88 Å². The second-order valence-corrected chi connectivity index (χ2v) is 8.22. The molecule has 1 aliphatic heterocycles. The van der Waals surface area contributed by atoms with E-state index in [0.717, 1.165) is 41.4 Å². The van der Waals surface area contributed by atoms with Gasteiger partial charge in [0.1, 0.15) is 17.3 Å². The number of ether oxygens (including phenoxy) is 2. The number of anilines is 1. The molecule has 182 valence electrons. The average molecular weight is 484 g/mol. The van der Waals surface area contributed by atoms with E-state index in [1.165, 1.54) is 12.3 Å². The minimum absolute atomic E-state index is 0.0795. The van der Waals surface area contributed by atoms with E-state index >= 15 is 0 Å². The number of halogens is 3. The topological polar surface area (TPSA) is 77.7 Å². The van der Waals surface area contributed by atoms with Gasteiger partial charge in [0, 0.05) is 62.9 Å². The third-order valence-corrected chi connectivity index (χ3v) is 5.54. The Balaban J connectivity index is 1.37. The molecule has 5 rings (SSSR count). The fourth-order valence-electron chi connectivity index (χ4n) is 3.87. The van der Waals surface area contributed by atoms with Crippen molar-refractivity contribution >= 4 is 11.5 Å². The van der Waals surface area contributed by atoms with Gasteiger partial charge in [0.05, 0.1) is 18.9 Å². The number of fused-ring (bicyclic) bond motifs is 1. The van der Waals surface area contributed by atoms with Crippen LogP contribution < -0.4 is 9.64 Å². The van der Waals surface area contributed by atoms with Gasteiger partial charge in [-0.3, -0.25) is 0 Å². The van der Waals surface area contributed by atoms with Crippen LogP contribution in [0.5, 0.6) is 5.88 Å². The van der Waals surface area contributed by atoms with Crippen LogP contribution in [0.15, 0.2) is 55.1 Å². The molecule has 0 radical (unpaired) electrons. The van der Waals surface area contributed by atoms with Crippen molar-refractivity contribution in [2.75, 3.05) is 37.8 Å². The molecule has 1 fully saturated rings. The monoisotopic (exact) mass is 484 g/mol. The molecular formula is C24H23F3N6O2. The summed E-state index contributed by atoms with van der Waals surface area (Å²) in [6.07, 6.45) is 3.69. The van der Waals surface area contributed by atoms with Crippen molar-refractivity contribution in [3.63, 3.8) is 0 Å². The van der Waals surface area contributed by atoms with Crippen LogP contribution in [0, 0.1) is 0 Å². The van der Waals surface area contributed by atoms with Crippen LogP contribution in [0.3, 0.4) is 0 Å². The number of pyridine rings is 2. The van der Waals surface area contributed by atoms with Gasteiger partial charge in [0.15, 0.2) is 6.61 Å². The van der Waals surface area contributed by atoms with Gasteiger partial charge in [-0.2, -0.15) is 13.2 Å². The van der Waals surface area contributed by atoms with Gasteiger partial charge in [-0.05, 0) is 23.3 Å². The van der Waals surface area contributed by atoms with E-state index in [1.54, 1.807) is 12.3 Å². The van der Waals surface area contributed by atoms with Gasteiger partial charge in [-0.15, -0.1) is 0 Å². The molecule has 0 N–H and O–H groups in total. The first-order valence-corrected chi connectivity index (χ1v) is 11.2. The summed E-state index contributed by atoms with van der Waals surface area (Å²) in [6.45, 7) is 1.37. The normalized spacial score (nSPS) is 14.4. The van der Waals surface area contributed by atoms with Crippen LogP contribution in [0.4, 0.5) is 19.0 Å². The SMILES string of the molecule is FC(F)(F)COc1ccc(Cc2nc(Cc3ccn4ccnc4c3)cc(N3CCOCC3)n2)cn1. The average Bonchev–Trinajstić information content (AvgIpc) is 3.32. The highest BCUT2D eigenvalue weighted by Gasteiger charge is 2.28. The molecule has 35 heavy (non-hydrogen) atoms. The lowest BCUT2D eigenvalue weighted by Gasteiger charge is -2.28. The molecular weight excluding hydrogens is 461 g/mol. The van der Waals surface area contributed by atoms with Gasteiger partial charge >= 0.3 is 6.18 Å². The molecule has 1 saturated heterocycles. The number of morpholine rings is 1. The van der Waals surface area contributed by atoms with Crippen molar-refractivity contribution in [3.05, 3.63) is 77.8 Å². The first kappa shape index (κ1) is 23.0. The Hall–Kier alpha value is -3.73. The van der Waals surface area contributed by atoms with Gasteiger partial charge in [0.25, 0.3) is 0 Å². The number of imidazole rings is 1. The maximum absolute atomic E-state index is 12.4. The summed E-state index contributed by atoms with van der Waals surface area (Å²) in [4.78, 5) is 20.0. The minimum Gasteiger partial charge on any atom is -0.468 e. The lowest BCUT2D eigenvalue weighted by Crippen LogP contribution is -2.37. The zero-order valence-electron chi connectivity index (χ0n) is 18.8. The second kappa shape index (κ2) is 9.87. The smallest absolute Gasteiger partial charge is 0.422 e. The molecule has 0 bridgehead atoms. The molecule has 0 unspecified atom stereocenters. The van der Waals surface area contributed by atoms with Crippen LogP contribution in [0.25, 0.3) is 5.65 Å². The largest absolute Gasteiger partial charge is 0.468 e. The van der Waals surface area contributed by atoms with Crippen molar-refractivity contribution < 1.29 is 22.6 Å². The highest BCUT2D eigenvalue weighted by molar-refractivity contribution is 5.45. The van der Waals surface area contributed by atoms with Crippen molar-refractivity contribution in [1.82, 2.24) is 24.3 Å². The van der Waals surface area contributed by atoms with Crippen LogP contribution in [-0.2, 0) is 17.6 Å². The molecule has 0 saturated carbocycles. The summed E-state index contributed by atoms with van der Waals surface area (Å²) in [5.74, 6) is 1.36. The Morgan fingerprint density at radius 3 is 2.57 bits per heavy atom. The van der Waals surface area contributed by atoms with Gasteiger partial charge in [-0.1, -0.05) is 6.07 Å². The second-order valence-electron chi connectivity index (χ2n) is 8.22. The molecule has 0 aromatic carbocycles. The quantitative estimate of drug-likeness (QED) is 0.398. The first-order chi connectivity index (χ1) is 16.9. The number of aromatic nitrogens is 5. The molecule has 4 aromatic rings. The predicted molar refractivity (Wildman–Crippen MR) is 122 cm³/mol. The lowest BCUT2D eigenvalue weighted by molar-refractivity contribution is -0.154. The highest BCUT2D eigenvalue weighted by atomic mass is 19.4. The maximum atomic E-state index is 12.4. The lowest BCUT2D eigenvalue weighted by atomic mass is 10.1. The fraction of sp³-hybridized carbons (Fsp3) is 0.333. The minimum atomic E-state index is -4.41. The molecule has 11 heteroatoms. The highest BCUT2D eigenvalue weighted by Crippen LogP contribution is 2.20. The van der Waals surface area contributed by atoms with Crippen molar-refractivity contribution in [3.8, 4) is 5.88 Å². The van der Waals surface area contributed by atoms with Crippen molar-refractivity contribution in [2.24, 2.45) is 0 Å². The van der Waals surface area contributed by atoms with E-state index in [9.17, 15) is 13.2 Å². The Labute approximate surface area is 199 Å². The summed E-state index contributed by atoms with van der Waals surface area (Å²) in [7, 11) is 0. The van der Waals surface area contributed by atoms with E-state index < -0.39 is 12.8 Å². The first-order valence-electron chi connectivity index (χ1n) is 11.2. The molecule has 4 aromatic heterocycles. The molecule has 5 heterocycles. The van der Waals surface area contributed by atoms with E-state index in [-0.39, 0.29) is 5.88 Å². The molecule has 0 amide bonds. The standard InChI is InChI=1S/C24H23F3N6O2/c25-24(26,27)16-35-23-2-1-18(15-29-23)12-20-30-19(14-22(31-20)33-7-9-34-10-8-33)11-17-3-5-32-6-4-28-21(32)13-17/h1-6,13-15H,7-12,16H2. The maximum Gasteiger partial charge on any atom is 0.422 e. The van der Waals surface area contributed by atoms with Crippen LogP contribution in [0.1, 0.15) is 22.6 Å². The Morgan fingerprint density at radius 1 is 0.943 bits per heavy atom. The zero-order chi connectivity index (χ0) is 24.3. The van der Waals surface area contributed by atoms with Gasteiger partial charge < -0.3 is 18.8 Å². The van der Waals surface area contributed by atoms with Crippen LogP contribution in [-0.4, -0.2) is 63.4 Å². The number of alkyl halides is 3. The third kappa shape index (κ3) is 6.04. The summed E-state index contributed by atoms with van der Waals surface area (Å²) >= 11 is 0. The van der Waals surface area contributed by atoms with E-state index in [0.29, 0.717) is 31.9 Å². The number of hydrogen-bond acceptors (Lipinski definition) is 7. The van der Waals surface area contributed by atoms with Crippen LogP contribution >= 0.6 is 0 Å². The zero-order valence-corrected chi connectivity index (χ0v) is 18.8. The Bertz CT molecular complexity index is 1290. The summed E-state index contributed by atoms with van der Waals surface area (Å²) in [6, 6.07) is 9.16. The van der Waals surface area contributed by atoms with Crippen molar-refractivity contribution in [1.29, 1.82) is 0 Å². The van der Waals surface area contributed by atoms with Crippen molar-refractivity contribution in [2.45, 2.75) is 19.0 Å². The molecule has 8 nitrogen and oxygen atoms in total. The molecule has 0 aliphatic carbocycles.